The molecule has 0 unspecified atom stereocenters. The first-order valence-corrected chi connectivity index (χ1v) is 10.1. The zero-order valence-corrected chi connectivity index (χ0v) is 12.0. The Morgan fingerprint density at radius 1 is 1.29 bits per heavy atom. The summed E-state index contributed by atoms with van der Waals surface area (Å²) in [6, 6.07) is 0. The standard InChI is InChI=1S/C11H24OSSi/c1-11(2)6-7-12-8-9-13-10-14(3,4)5/h6-7,11H,8-10H2,1-5H3. The van der Waals surface area contributed by atoms with E-state index in [1.54, 1.807) is 0 Å². The molecule has 0 radical (unpaired) electrons. The molecule has 0 aromatic heterocycles. The van der Waals surface area contributed by atoms with Crippen LogP contribution in [0.4, 0.5) is 0 Å². The highest BCUT2D eigenvalue weighted by Gasteiger charge is 2.11. The molecule has 0 atom stereocenters. The maximum absolute atomic E-state index is 5.37. The van der Waals surface area contributed by atoms with Crippen molar-refractivity contribution in [2.24, 2.45) is 5.92 Å². The summed E-state index contributed by atoms with van der Waals surface area (Å²) in [7, 11) is -0.854. The predicted octanol–water partition coefficient (Wildman–Crippen LogP) is 3.78. The summed E-state index contributed by atoms with van der Waals surface area (Å²) in [5.74, 6) is 1.71. The van der Waals surface area contributed by atoms with Gasteiger partial charge in [-0.25, -0.2) is 0 Å². The molecule has 0 saturated heterocycles. The van der Waals surface area contributed by atoms with E-state index in [-0.39, 0.29) is 0 Å². The summed E-state index contributed by atoms with van der Waals surface area (Å²) in [5.41, 5.74) is 0. The van der Waals surface area contributed by atoms with Crippen LogP contribution in [0.2, 0.25) is 19.6 Å². The SMILES string of the molecule is CC(C)C=COCCSC[Si](C)(C)C. The van der Waals surface area contributed by atoms with Crippen LogP contribution in [0.1, 0.15) is 13.8 Å². The molecule has 1 nitrogen and oxygen atoms in total. The smallest absolute Gasteiger partial charge is 0.0963 e. The molecular formula is C11H24OSSi. The molecule has 0 saturated carbocycles. The van der Waals surface area contributed by atoms with Gasteiger partial charge in [-0.3, -0.25) is 0 Å². The Hall–Kier alpha value is 0.107. The van der Waals surface area contributed by atoms with Crippen molar-refractivity contribution in [2.75, 3.05) is 17.7 Å². The second-order valence-corrected chi connectivity index (χ2v) is 12.1. The van der Waals surface area contributed by atoms with E-state index >= 15 is 0 Å². The summed E-state index contributed by atoms with van der Waals surface area (Å²) >= 11 is 2.02. The third-order valence-electron chi connectivity index (χ3n) is 1.44. The number of hydrogen-bond donors (Lipinski definition) is 0. The number of rotatable bonds is 7. The molecule has 3 heteroatoms. The lowest BCUT2D eigenvalue weighted by Crippen LogP contribution is -2.24. The average Bonchev–Trinajstić information content (AvgIpc) is 2.00. The van der Waals surface area contributed by atoms with E-state index in [4.69, 9.17) is 4.74 Å². The molecule has 0 fully saturated rings. The van der Waals surface area contributed by atoms with Gasteiger partial charge in [0.25, 0.3) is 0 Å². The van der Waals surface area contributed by atoms with E-state index in [9.17, 15) is 0 Å². The van der Waals surface area contributed by atoms with Crippen molar-refractivity contribution in [1.29, 1.82) is 0 Å². The molecule has 0 aromatic rings. The summed E-state index contributed by atoms with van der Waals surface area (Å²) in [4.78, 5) is 0. The Labute approximate surface area is 94.3 Å². The van der Waals surface area contributed by atoms with Crippen LogP contribution in [-0.4, -0.2) is 25.8 Å². The second kappa shape index (κ2) is 7.41. The Morgan fingerprint density at radius 3 is 2.43 bits per heavy atom. The molecule has 0 aliphatic heterocycles. The van der Waals surface area contributed by atoms with Crippen molar-refractivity contribution in [3.8, 4) is 0 Å². The highest BCUT2D eigenvalue weighted by Crippen LogP contribution is 2.10. The van der Waals surface area contributed by atoms with Gasteiger partial charge in [0.05, 0.1) is 20.9 Å². The molecule has 14 heavy (non-hydrogen) atoms. The van der Waals surface area contributed by atoms with Gasteiger partial charge >= 0.3 is 0 Å². The number of ether oxygens (including phenoxy) is 1. The molecule has 0 bridgehead atoms. The van der Waals surface area contributed by atoms with E-state index in [1.807, 2.05) is 18.0 Å². The zero-order valence-electron chi connectivity index (χ0n) is 10.2. The van der Waals surface area contributed by atoms with Gasteiger partial charge in [-0.1, -0.05) is 33.5 Å². The fourth-order valence-electron chi connectivity index (χ4n) is 0.766. The first kappa shape index (κ1) is 14.1. The van der Waals surface area contributed by atoms with Gasteiger partial charge in [-0.15, -0.1) is 0 Å². The normalized spacial score (nSPS) is 12.7. The van der Waals surface area contributed by atoms with Crippen LogP contribution in [0.5, 0.6) is 0 Å². The molecule has 0 spiro atoms. The first-order chi connectivity index (χ1) is 6.42. The lowest BCUT2D eigenvalue weighted by atomic mass is 10.2. The molecule has 0 aromatic carbocycles. The maximum atomic E-state index is 5.37. The van der Waals surface area contributed by atoms with Gasteiger partial charge in [0.1, 0.15) is 0 Å². The van der Waals surface area contributed by atoms with Crippen molar-refractivity contribution in [3.63, 3.8) is 0 Å². The van der Waals surface area contributed by atoms with E-state index in [0.29, 0.717) is 5.92 Å². The summed E-state index contributed by atoms with van der Waals surface area (Å²) in [6.07, 6.45) is 3.92. The third kappa shape index (κ3) is 12.1. The summed E-state index contributed by atoms with van der Waals surface area (Å²) in [5, 5.41) is 1.34. The molecule has 0 N–H and O–H groups in total. The number of allylic oxidation sites excluding steroid dienone is 1. The van der Waals surface area contributed by atoms with Crippen LogP contribution in [0.15, 0.2) is 12.3 Å². The summed E-state index contributed by atoms with van der Waals surface area (Å²) < 4.78 is 5.37. The Kier molecular flexibility index (Phi) is 7.46. The maximum Gasteiger partial charge on any atom is 0.0963 e. The van der Waals surface area contributed by atoms with Crippen molar-refractivity contribution >= 4 is 19.8 Å². The molecule has 84 valence electrons. The fraction of sp³-hybridized carbons (Fsp3) is 0.818. The van der Waals surface area contributed by atoms with E-state index in [2.05, 4.69) is 39.6 Å². The van der Waals surface area contributed by atoms with Crippen LogP contribution in [0, 0.1) is 5.92 Å². The Morgan fingerprint density at radius 2 is 1.93 bits per heavy atom. The molecule has 0 aliphatic rings. The minimum atomic E-state index is -0.854. The second-order valence-electron chi connectivity index (χ2n) is 5.06. The largest absolute Gasteiger partial charge is 0.501 e. The van der Waals surface area contributed by atoms with E-state index in [1.165, 1.54) is 5.38 Å². The van der Waals surface area contributed by atoms with Crippen molar-refractivity contribution < 1.29 is 4.74 Å². The minimum Gasteiger partial charge on any atom is -0.501 e. The van der Waals surface area contributed by atoms with Crippen LogP contribution in [-0.2, 0) is 4.74 Å². The van der Waals surface area contributed by atoms with Crippen molar-refractivity contribution in [1.82, 2.24) is 0 Å². The lowest BCUT2D eigenvalue weighted by Gasteiger charge is -2.14. The number of thioether (sulfide) groups is 1. The quantitative estimate of drug-likeness (QED) is 0.375. The molecule has 0 amide bonds. The van der Waals surface area contributed by atoms with Gasteiger partial charge < -0.3 is 4.74 Å². The molecular weight excluding hydrogens is 208 g/mol. The third-order valence-corrected chi connectivity index (χ3v) is 6.18. The number of hydrogen-bond acceptors (Lipinski definition) is 2. The van der Waals surface area contributed by atoms with Gasteiger partial charge in [-0.05, 0) is 17.4 Å². The van der Waals surface area contributed by atoms with Gasteiger partial charge in [0, 0.05) is 5.75 Å². The van der Waals surface area contributed by atoms with Gasteiger partial charge in [0.15, 0.2) is 0 Å². The van der Waals surface area contributed by atoms with Crippen LogP contribution in [0.25, 0.3) is 0 Å². The van der Waals surface area contributed by atoms with Crippen LogP contribution >= 0.6 is 11.8 Å². The molecule has 0 rings (SSSR count). The van der Waals surface area contributed by atoms with Crippen molar-refractivity contribution in [2.45, 2.75) is 33.5 Å². The Balaban J connectivity index is 3.23. The van der Waals surface area contributed by atoms with E-state index < -0.39 is 8.07 Å². The van der Waals surface area contributed by atoms with Crippen LogP contribution in [0.3, 0.4) is 0 Å². The fourth-order valence-corrected chi connectivity index (χ4v) is 4.01. The predicted molar refractivity (Wildman–Crippen MR) is 70.6 cm³/mol. The first-order valence-electron chi connectivity index (χ1n) is 5.28. The topological polar surface area (TPSA) is 9.23 Å². The van der Waals surface area contributed by atoms with Gasteiger partial charge in [0.2, 0.25) is 0 Å². The minimum absolute atomic E-state index is 0.588. The lowest BCUT2D eigenvalue weighted by molar-refractivity contribution is 0.270. The van der Waals surface area contributed by atoms with Crippen molar-refractivity contribution in [3.05, 3.63) is 12.3 Å². The average molecular weight is 232 g/mol. The van der Waals surface area contributed by atoms with E-state index in [0.717, 1.165) is 12.4 Å². The van der Waals surface area contributed by atoms with Gasteiger partial charge in [-0.2, -0.15) is 11.8 Å². The monoisotopic (exact) mass is 232 g/mol. The zero-order chi connectivity index (χ0) is 11.0. The summed E-state index contributed by atoms with van der Waals surface area (Å²) in [6.45, 7) is 12.4. The Bertz CT molecular complexity index is 161. The molecule has 0 aliphatic carbocycles. The highest BCUT2D eigenvalue weighted by molar-refractivity contribution is 8.00. The van der Waals surface area contributed by atoms with Crippen LogP contribution < -0.4 is 0 Å². The highest BCUT2D eigenvalue weighted by atomic mass is 32.2. The molecule has 0 heterocycles.